The van der Waals surface area contributed by atoms with Crippen LogP contribution in [0.25, 0.3) is 0 Å². The molecule has 3 heteroatoms. The zero-order valence-corrected chi connectivity index (χ0v) is 17.2. The van der Waals surface area contributed by atoms with E-state index in [1.54, 1.807) is 0 Å². The van der Waals surface area contributed by atoms with E-state index in [1.165, 1.54) is 35.5 Å². The summed E-state index contributed by atoms with van der Waals surface area (Å²) in [6.07, 6.45) is 10.6. The molecule has 1 aromatic rings. The molecule has 1 aromatic carbocycles. The Morgan fingerprint density at radius 1 is 1.25 bits per heavy atom. The van der Waals surface area contributed by atoms with E-state index in [1.807, 2.05) is 17.3 Å². The Balaban J connectivity index is 2.38. The van der Waals surface area contributed by atoms with E-state index in [0.29, 0.717) is 6.04 Å². The van der Waals surface area contributed by atoms with Gasteiger partial charge in [0.2, 0.25) is 0 Å². The highest BCUT2D eigenvalue weighted by Crippen LogP contribution is 2.11. The lowest BCUT2D eigenvalue weighted by Gasteiger charge is -2.26. The summed E-state index contributed by atoms with van der Waals surface area (Å²) in [4.78, 5) is 2.32. The molecule has 0 aliphatic carbocycles. The molecule has 0 saturated heterocycles. The third-order valence-electron chi connectivity index (χ3n) is 4.16. The number of rotatable bonds is 13. The summed E-state index contributed by atoms with van der Waals surface area (Å²) in [6, 6.07) is 9.24. The maximum atomic E-state index is 5.24. The highest BCUT2D eigenvalue weighted by atomic mass is 32.2. The number of hydrogen-bond acceptors (Lipinski definition) is 2. The third-order valence-corrected chi connectivity index (χ3v) is 5.48. The number of thiocarbonyl (C=S) groups is 1. The molecular weight excluding hydrogens is 330 g/mol. The molecule has 0 aromatic heterocycles. The predicted molar refractivity (Wildman–Crippen MR) is 115 cm³/mol. The topological polar surface area (TPSA) is 3.24 Å². The summed E-state index contributed by atoms with van der Waals surface area (Å²) < 4.78 is 0. The molecule has 134 valence electrons. The molecule has 0 spiro atoms. The van der Waals surface area contributed by atoms with Crippen LogP contribution in [0.1, 0.15) is 50.7 Å². The van der Waals surface area contributed by atoms with Crippen molar-refractivity contribution >= 4 is 29.5 Å². The number of aryl methyl sites for hydroxylation is 2. The van der Waals surface area contributed by atoms with Gasteiger partial charge in [-0.1, -0.05) is 74.5 Å². The van der Waals surface area contributed by atoms with E-state index in [4.69, 9.17) is 12.2 Å². The minimum absolute atomic E-state index is 0.437. The molecular formula is C21H33NS2. The van der Waals surface area contributed by atoms with Crippen LogP contribution in [0, 0.1) is 6.92 Å². The Morgan fingerprint density at radius 2 is 2.08 bits per heavy atom. The fraction of sp³-hybridized carbons (Fsp3) is 0.571. The minimum Gasteiger partial charge on any atom is -0.361 e. The first kappa shape index (κ1) is 21.2. The zero-order chi connectivity index (χ0) is 17.6. The van der Waals surface area contributed by atoms with Crippen LogP contribution in [0.15, 0.2) is 36.4 Å². The normalized spacial score (nSPS) is 12.5. The lowest BCUT2D eigenvalue weighted by atomic mass is 10.1. The number of benzene rings is 1. The molecule has 0 N–H and O–H groups in total. The van der Waals surface area contributed by atoms with Crippen molar-refractivity contribution in [2.75, 3.05) is 18.1 Å². The number of nitrogens with zero attached hydrogens (tertiary/aromatic N) is 1. The number of allylic oxidation sites excluding steroid dienone is 1. The standard InChI is InChI=1S/C21H33NS2/c1-4-6-15-24-16-14-22(18-23)21(5-2)13-8-7-11-20-12-9-10-19(3)17-20/h8-10,12-13,17-18,21H,4-7,11,14-16H2,1-3H3/b13-8+. The van der Waals surface area contributed by atoms with Crippen LogP contribution in [-0.4, -0.2) is 34.5 Å². The van der Waals surface area contributed by atoms with Gasteiger partial charge in [-0.25, -0.2) is 0 Å². The monoisotopic (exact) mass is 363 g/mol. The Hall–Kier alpha value is -0.800. The van der Waals surface area contributed by atoms with Crippen molar-refractivity contribution in [1.82, 2.24) is 4.90 Å². The molecule has 0 amide bonds. The van der Waals surface area contributed by atoms with Crippen molar-refractivity contribution in [3.63, 3.8) is 0 Å². The van der Waals surface area contributed by atoms with Crippen molar-refractivity contribution in [3.05, 3.63) is 47.5 Å². The number of thioether (sulfide) groups is 1. The van der Waals surface area contributed by atoms with Gasteiger partial charge in [0.15, 0.2) is 0 Å². The van der Waals surface area contributed by atoms with Crippen LogP contribution in [0.5, 0.6) is 0 Å². The number of hydrogen-bond donors (Lipinski definition) is 0. The first-order valence-corrected chi connectivity index (χ1v) is 10.8. The molecule has 0 radical (unpaired) electrons. The number of unbranched alkanes of at least 4 members (excludes halogenated alkanes) is 1. The Labute approximate surface area is 158 Å². The van der Waals surface area contributed by atoms with E-state index >= 15 is 0 Å². The Morgan fingerprint density at radius 3 is 2.75 bits per heavy atom. The van der Waals surface area contributed by atoms with Gasteiger partial charge in [-0.2, -0.15) is 11.8 Å². The largest absolute Gasteiger partial charge is 0.361 e. The van der Waals surface area contributed by atoms with Gasteiger partial charge in [-0.15, -0.1) is 0 Å². The van der Waals surface area contributed by atoms with Gasteiger partial charge in [0.1, 0.15) is 0 Å². The van der Waals surface area contributed by atoms with Crippen LogP contribution in [0.3, 0.4) is 0 Å². The fourth-order valence-corrected chi connectivity index (χ4v) is 3.97. The van der Waals surface area contributed by atoms with Gasteiger partial charge in [0.25, 0.3) is 0 Å². The van der Waals surface area contributed by atoms with Crippen molar-refractivity contribution in [3.8, 4) is 0 Å². The maximum Gasteiger partial charge on any atom is 0.0646 e. The summed E-state index contributed by atoms with van der Waals surface area (Å²) in [5, 5.41) is 0. The molecule has 24 heavy (non-hydrogen) atoms. The van der Waals surface area contributed by atoms with Crippen molar-refractivity contribution in [1.29, 1.82) is 0 Å². The van der Waals surface area contributed by atoms with Gasteiger partial charge in [0.05, 0.1) is 5.49 Å². The SMILES string of the molecule is CCCCSCCN(C=S)C(/C=C/CCc1cccc(C)c1)CC. The van der Waals surface area contributed by atoms with Crippen LogP contribution < -0.4 is 0 Å². The summed E-state index contributed by atoms with van der Waals surface area (Å²) in [6.45, 7) is 7.70. The molecule has 0 fully saturated rings. The predicted octanol–water partition coefficient (Wildman–Crippen LogP) is 6.05. The zero-order valence-electron chi connectivity index (χ0n) is 15.5. The van der Waals surface area contributed by atoms with E-state index in [2.05, 4.69) is 62.1 Å². The summed E-state index contributed by atoms with van der Waals surface area (Å²) in [5.74, 6) is 2.44. The van der Waals surface area contributed by atoms with Crippen LogP contribution >= 0.6 is 24.0 Å². The summed E-state index contributed by atoms with van der Waals surface area (Å²) in [7, 11) is 0. The average molecular weight is 364 g/mol. The van der Waals surface area contributed by atoms with Crippen molar-refractivity contribution < 1.29 is 0 Å². The fourth-order valence-electron chi connectivity index (χ4n) is 2.67. The minimum atomic E-state index is 0.437. The molecule has 0 heterocycles. The van der Waals surface area contributed by atoms with Crippen LogP contribution in [0.4, 0.5) is 0 Å². The van der Waals surface area contributed by atoms with Gasteiger partial charge in [0, 0.05) is 18.3 Å². The van der Waals surface area contributed by atoms with E-state index < -0.39 is 0 Å². The van der Waals surface area contributed by atoms with Crippen molar-refractivity contribution in [2.45, 2.75) is 58.9 Å². The average Bonchev–Trinajstić information content (AvgIpc) is 2.59. The third kappa shape index (κ3) is 8.89. The van der Waals surface area contributed by atoms with E-state index in [0.717, 1.165) is 25.8 Å². The highest BCUT2D eigenvalue weighted by Gasteiger charge is 2.09. The first-order chi connectivity index (χ1) is 11.7. The second kappa shape index (κ2) is 13.5. The lowest BCUT2D eigenvalue weighted by Crippen LogP contribution is -2.33. The molecule has 0 aliphatic rings. The lowest BCUT2D eigenvalue weighted by molar-refractivity contribution is 0.385. The van der Waals surface area contributed by atoms with Gasteiger partial charge < -0.3 is 4.90 Å². The van der Waals surface area contributed by atoms with E-state index in [-0.39, 0.29) is 0 Å². The second-order valence-corrected chi connectivity index (χ2v) is 7.68. The smallest absolute Gasteiger partial charge is 0.0646 e. The van der Waals surface area contributed by atoms with E-state index in [9.17, 15) is 0 Å². The summed E-state index contributed by atoms with van der Waals surface area (Å²) >= 11 is 7.29. The van der Waals surface area contributed by atoms with Gasteiger partial charge in [-0.3, -0.25) is 0 Å². The molecule has 0 saturated carbocycles. The molecule has 1 rings (SSSR count). The van der Waals surface area contributed by atoms with Gasteiger partial charge >= 0.3 is 0 Å². The van der Waals surface area contributed by atoms with Crippen LogP contribution in [0.2, 0.25) is 0 Å². The quantitative estimate of drug-likeness (QED) is 0.238. The summed E-state index contributed by atoms with van der Waals surface area (Å²) in [5.41, 5.74) is 4.61. The van der Waals surface area contributed by atoms with Gasteiger partial charge in [-0.05, 0) is 43.9 Å². The Bertz CT molecular complexity index is 484. The molecule has 1 unspecified atom stereocenters. The highest BCUT2D eigenvalue weighted by molar-refractivity contribution is 7.99. The van der Waals surface area contributed by atoms with Crippen molar-refractivity contribution in [2.24, 2.45) is 0 Å². The molecule has 0 aliphatic heterocycles. The molecule has 0 bridgehead atoms. The maximum absolute atomic E-state index is 5.24. The first-order valence-electron chi connectivity index (χ1n) is 9.22. The molecule has 1 nitrogen and oxygen atoms in total. The molecule has 1 atom stereocenters. The second-order valence-electron chi connectivity index (χ2n) is 6.24. The van der Waals surface area contributed by atoms with Crippen LogP contribution in [-0.2, 0) is 6.42 Å². The Kier molecular flexibility index (Phi) is 11.9.